The third-order valence-corrected chi connectivity index (χ3v) is 4.12. The van der Waals surface area contributed by atoms with Gasteiger partial charge in [0.2, 0.25) is 0 Å². The van der Waals surface area contributed by atoms with Gasteiger partial charge in [0.15, 0.2) is 0 Å². The molecule has 112 valence electrons. The molecule has 2 aromatic heterocycles. The third kappa shape index (κ3) is 3.45. The van der Waals surface area contributed by atoms with Crippen LogP contribution >= 0.6 is 0 Å². The lowest BCUT2D eigenvalue weighted by Crippen LogP contribution is -2.26. The molecule has 0 radical (unpaired) electrons. The topological polar surface area (TPSA) is 43.0 Å². The van der Waals surface area contributed by atoms with Crippen molar-refractivity contribution in [1.29, 1.82) is 0 Å². The molecule has 0 bridgehead atoms. The van der Waals surface area contributed by atoms with Crippen LogP contribution in [0.2, 0.25) is 0 Å². The van der Waals surface area contributed by atoms with Crippen molar-refractivity contribution in [2.24, 2.45) is 7.05 Å². The van der Waals surface area contributed by atoms with Gasteiger partial charge in [-0.2, -0.15) is 0 Å². The van der Waals surface area contributed by atoms with Crippen LogP contribution in [-0.2, 0) is 7.05 Å². The molecule has 0 aromatic carbocycles. The van der Waals surface area contributed by atoms with Crippen molar-refractivity contribution >= 4 is 0 Å². The van der Waals surface area contributed by atoms with E-state index in [9.17, 15) is 0 Å². The van der Waals surface area contributed by atoms with Gasteiger partial charge in [0.05, 0.1) is 6.26 Å². The number of rotatable bonds is 6. The normalized spacial score (nSPS) is 16.7. The number of furan rings is 1. The lowest BCUT2D eigenvalue weighted by molar-refractivity contribution is 0.430. The average molecular weight is 285 g/mol. The van der Waals surface area contributed by atoms with Crippen LogP contribution in [0.15, 0.2) is 46.9 Å². The molecule has 0 spiro atoms. The van der Waals surface area contributed by atoms with E-state index in [0.717, 1.165) is 24.6 Å². The standard InChI is InChI=1S/C17H23N3O/c1-20-12-11-19-17(20)16(15-8-5-13-21-15)18-10-9-14-6-3-2-4-7-14/h5-6,8,11-13,16,18H,2-4,7,9-10H2,1H3. The molecule has 1 aliphatic rings. The number of hydrogen-bond acceptors (Lipinski definition) is 3. The highest BCUT2D eigenvalue weighted by molar-refractivity contribution is 5.16. The van der Waals surface area contributed by atoms with Crippen LogP contribution in [0, 0.1) is 0 Å². The Balaban J connectivity index is 1.66. The quantitative estimate of drug-likeness (QED) is 0.825. The molecule has 1 N–H and O–H groups in total. The molecule has 1 atom stereocenters. The number of nitrogens with zero attached hydrogens (tertiary/aromatic N) is 2. The predicted octanol–water partition coefficient (Wildman–Crippen LogP) is 3.58. The summed E-state index contributed by atoms with van der Waals surface area (Å²) in [4.78, 5) is 4.46. The van der Waals surface area contributed by atoms with Crippen LogP contribution in [0.5, 0.6) is 0 Å². The van der Waals surface area contributed by atoms with Gasteiger partial charge in [0, 0.05) is 19.4 Å². The van der Waals surface area contributed by atoms with Crippen molar-refractivity contribution in [1.82, 2.24) is 14.9 Å². The number of allylic oxidation sites excluding steroid dienone is 1. The van der Waals surface area contributed by atoms with Crippen LogP contribution in [0.4, 0.5) is 0 Å². The highest BCUT2D eigenvalue weighted by Crippen LogP contribution is 2.23. The molecule has 21 heavy (non-hydrogen) atoms. The van der Waals surface area contributed by atoms with Gasteiger partial charge in [-0.3, -0.25) is 0 Å². The Morgan fingerprint density at radius 3 is 3.05 bits per heavy atom. The van der Waals surface area contributed by atoms with Crippen LogP contribution in [0.1, 0.15) is 49.7 Å². The maximum absolute atomic E-state index is 5.59. The minimum atomic E-state index is 0.0178. The first-order valence-electron chi connectivity index (χ1n) is 7.76. The Hall–Kier alpha value is -1.81. The molecule has 2 aromatic rings. The van der Waals surface area contributed by atoms with E-state index in [0.29, 0.717) is 0 Å². The lowest BCUT2D eigenvalue weighted by Gasteiger charge is -2.18. The van der Waals surface area contributed by atoms with Gasteiger partial charge in [0.25, 0.3) is 0 Å². The Morgan fingerprint density at radius 2 is 2.38 bits per heavy atom. The SMILES string of the molecule is Cn1ccnc1C(NCCC1=CCCCC1)c1ccco1. The zero-order valence-corrected chi connectivity index (χ0v) is 12.6. The smallest absolute Gasteiger partial charge is 0.133 e. The second-order valence-electron chi connectivity index (χ2n) is 5.66. The second kappa shape index (κ2) is 6.76. The van der Waals surface area contributed by atoms with Crippen molar-refractivity contribution in [3.05, 3.63) is 54.0 Å². The van der Waals surface area contributed by atoms with Crippen LogP contribution < -0.4 is 5.32 Å². The van der Waals surface area contributed by atoms with E-state index >= 15 is 0 Å². The largest absolute Gasteiger partial charge is 0.467 e. The van der Waals surface area contributed by atoms with E-state index in [1.807, 2.05) is 36.1 Å². The molecular formula is C17H23N3O. The van der Waals surface area contributed by atoms with Crippen molar-refractivity contribution < 1.29 is 4.42 Å². The zero-order chi connectivity index (χ0) is 14.5. The first kappa shape index (κ1) is 14.1. The van der Waals surface area contributed by atoms with Gasteiger partial charge in [-0.15, -0.1) is 0 Å². The summed E-state index contributed by atoms with van der Waals surface area (Å²) in [5, 5.41) is 3.59. The first-order chi connectivity index (χ1) is 10.3. The molecule has 0 saturated carbocycles. The van der Waals surface area contributed by atoms with Crippen molar-refractivity contribution in [2.45, 2.75) is 38.1 Å². The Bertz CT molecular complexity index is 583. The summed E-state index contributed by atoms with van der Waals surface area (Å²) in [7, 11) is 2.02. The summed E-state index contributed by atoms with van der Waals surface area (Å²) in [6.07, 6.45) is 14.2. The average Bonchev–Trinajstić information content (AvgIpc) is 3.17. The minimum Gasteiger partial charge on any atom is -0.467 e. The van der Waals surface area contributed by atoms with E-state index in [4.69, 9.17) is 4.42 Å². The third-order valence-electron chi connectivity index (χ3n) is 4.12. The zero-order valence-electron chi connectivity index (χ0n) is 12.6. The molecular weight excluding hydrogens is 262 g/mol. The molecule has 1 unspecified atom stereocenters. The molecule has 0 saturated heterocycles. The number of nitrogens with one attached hydrogen (secondary N) is 1. The van der Waals surface area contributed by atoms with E-state index in [2.05, 4.69) is 16.4 Å². The highest BCUT2D eigenvalue weighted by Gasteiger charge is 2.20. The predicted molar refractivity (Wildman–Crippen MR) is 82.9 cm³/mol. The van der Waals surface area contributed by atoms with Crippen molar-refractivity contribution in [3.63, 3.8) is 0 Å². The summed E-state index contributed by atoms with van der Waals surface area (Å²) in [6.45, 7) is 0.948. The van der Waals surface area contributed by atoms with Gasteiger partial charge in [-0.25, -0.2) is 4.98 Å². The maximum atomic E-state index is 5.59. The molecule has 0 aliphatic heterocycles. The fourth-order valence-corrected chi connectivity index (χ4v) is 2.94. The molecule has 2 heterocycles. The van der Waals surface area contributed by atoms with Crippen LogP contribution in [0.25, 0.3) is 0 Å². The van der Waals surface area contributed by atoms with E-state index in [1.54, 1.807) is 11.8 Å². The number of imidazole rings is 1. The van der Waals surface area contributed by atoms with Gasteiger partial charge in [-0.1, -0.05) is 11.6 Å². The van der Waals surface area contributed by atoms with Crippen LogP contribution in [-0.4, -0.2) is 16.1 Å². The molecule has 4 nitrogen and oxygen atoms in total. The van der Waals surface area contributed by atoms with Gasteiger partial charge in [0.1, 0.15) is 17.6 Å². The van der Waals surface area contributed by atoms with Crippen LogP contribution in [0.3, 0.4) is 0 Å². The Labute approximate surface area is 125 Å². The molecule has 0 fully saturated rings. The van der Waals surface area contributed by atoms with E-state index in [-0.39, 0.29) is 6.04 Å². The van der Waals surface area contributed by atoms with E-state index < -0.39 is 0 Å². The maximum Gasteiger partial charge on any atom is 0.133 e. The Kier molecular flexibility index (Phi) is 4.55. The fourth-order valence-electron chi connectivity index (χ4n) is 2.94. The molecule has 1 aliphatic carbocycles. The van der Waals surface area contributed by atoms with Crippen molar-refractivity contribution in [2.75, 3.05) is 6.54 Å². The summed E-state index contributed by atoms with van der Waals surface area (Å²) in [5.41, 5.74) is 1.59. The summed E-state index contributed by atoms with van der Waals surface area (Å²) in [5.74, 6) is 1.91. The van der Waals surface area contributed by atoms with Gasteiger partial charge >= 0.3 is 0 Å². The summed E-state index contributed by atoms with van der Waals surface area (Å²) >= 11 is 0. The minimum absolute atomic E-state index is 0.0178. The highest BCUT2D eigenvalue weighted by atomic mass is 16.3. The molecule has 4 heteroatoms. The van der Waals surface area contributed by atoms with Gasteiger partial charge in [-0.05, 0) is 50.8 Å². The Morgan fingerprint density at radius 1 is 1.43 bits per heavy atom. The number of aromatic nitrogens is 2. The second-order valence-corrected chi connectivity index (χ2v) is 5.66. The van der Waals surface area contributed by atoms with Gasteiger partial charge < -0.3 is 14.3 Å². The number of aryl methyl sites for hydroxylation is 1. The lowest BCUT2D eigenvalue weighted by atomic mass is 9.97. The first-order valence-corrected chi connectivity index (χ1v) is 7.76. The van der Waals surface area contributed by atoms with Crippen molar-refractivity contribution in [3.8, 4) is 0 Å². The summed E-state index contributed by atoms with van der Waals surface area (Å²) < 4.78 is 7.63. The molecule has 0 amide bonds. The summed E-state index contributed by atoms with van der Waals surface area (Å²) in [6, 6.07) is 3.95. The fraction of sp³-hybridized carbons (Fsp3) is 0.471. The number of hydrogen-bond donors (Lipinski definition) is 1. The molecule has 3 rings (SSSR count). The van der Waals surface area contributed by atoms with E-state index in [1.165, 1.54) is 25.7 Å². The monoisotopic (exact) mass is 285 g/mol.